The Morgan fingerprint density at radius 2 is 2.26 bits per heavy atom. The molecule has 0 aliphatic carbocycles. The molecular weight excluding hydrogens is 250 g/mol. The number of carbonyl (C=O) groups is 2. The van der Waals surface area contributed by atoms with Crippen LogP contribution in [0.15, 0.2) is 24.7 Å². The van der Waals surface area contributed by atoms with E-state index in [-0.39, 0.29) is 12.2 Å². The Balaban J connectivity index is 2.10. The third-order valence-corrected chi connectivity index (χ3v) is 2.36. The van der Waals surface area contributed by atoms with Crippen molar-refractivity contribution in [3.63, 3.8) is 0 Å². The summed E-state index contributed by atoms with van der Waals surface area (Å²) < 4.78 is 1.08. The summed E-state index contributed by atoms with van der Waals surface area (Å²) in [6, 6.07) is 1.76. The molecule has 2 N–H and O–H groups in total. The van der Waals surface area contributed by atoms with Gasteiger partial charge in [0.25, 0.3) is 5.91 Å². The smallest absolute Gasteiger partial charge is 0.325 e. The Kier molecular flexibility index (Phi) is 3.51. The Labute approximate surface area is 108 Å². The number of hydrogen-bond acceptors (Lipinski definition) is 5. The van der Waals surface area contributed by atoms with Gasteiger partial charge in [-0.25, -0.2) is 4.68 Å². The number of carbonyl (C=O) groups excluding carboxylic acids is 1. The van der Waals surface area contributed by atoms with Gasteiger partial charge in [0.2, 0.25) is 0 Å². The van der Waals surface area contributed by atoms with E-state index in [1.165, 1.54) is 12.4 Å². The summed E-state index contributed by atoms with van der Waals surface area (Å²) in [4.78, 5) is 26.3. The first-order valence-electron chi connectivity index (χ1n) is 5.40. The highest BCUT2D eigenvalue weighted by molar-refractivity contribution is 6.02. The zero-order chi connectivity index (χ0) is 13.8. The average Bonchev–Trinajstić information content (AvgIpc) is 2.79. The molecule has 2 aromatic heterocycles. The molecule has 8 heteroatoms. The van der Waals surface area contributed by atoms with Gasteiger partial charge in [-0.1, -0.05) is 5.21 Å². The second-order valence-electron chi connectivity index (χ2n) is 3.84. The van der Waals surface area contributed by atoms with Gasteiger partial charge in [0.05, 0.1) is 18.1 Å². The molecule has 0 unspecified atom stereocenters. The molecule has 0 aliphatic rings. The van der Waals surface area contributed by atoms with Crippen LogP contribution in [0.2, 0.25) is 0 Å². The van der Waals surface area contributed by atoms with Crippen molar-refractivity contribution in [2.24, 2.45) is 0 Å². The van der Waals surface area contributed by atoms with Crippen LogP contribution in [0.5, 0.6) is 0 Å². The van der Waals surface area contributed by atoms with Crippen molar-refractivity contribution in [3.05, 3.63) is 35.9 Å². The summed E-state index contributed by atoms with van der Waals surface area (Å²) in [7, 11) is 0. The fourth-order valence-corrected chi connectivity index (χ4v) is 1.40. The maximum absolute atomic E-state index is 11.9. The molecule has 0 aliphatic heterocycles. The standard InChI is InChI=1S/C11H11N5O3/c1-7-2-3-12-4-8(7)13-11(19)9-5-16(15-14-9)6-10(17)18/h2-5H,6H2,1H3,(H,13,19)(H,17,18). The van der Waals surface area contributed by atoms with E-state index in [1.807, 2.05) is 6.92 Å². The second-order valence-corrected chi connectivity index (χ2v) is 3.84. The van der Waals surface area contributed by atoms with E-state index >= 15 is 0 Å². The summed E-state index contributed by atoms with van der Waals surface area (Å²) in [5.41, 5.74) is 1.48. The number of nitrogens with zero attached hydrogens (tertiary/aromatic N) is 4. The number of pyridine rings is 1. The van der Waals surface area contributed by atoms with Gasteiger partial charge < -0.3 is 10.4 Å². The Hall–Kier alpha value is -2.77. The first kappa shape index (κ1) is 12.7. The molecule has 1 amide bonds. The van der Waals surface area contributed by atoms with E-state index in [0.29, 0.717) is 5.69 Å². The van der Waals surface area contributed by atoms with Crippen molar-refractivity contribution >= 4 is 17.6 Å². The normalized spacial score (nSPS) is 10.2. The molecule has 8 nitrogen and oxygen atoms in total. The number of nitrogens with one attached hydrogen (secondary N) is 1. The summed E-state index contributed by atoms with van der Waals surface area (Å²) >= 11 is 0. The number of aromatic nitrogens is 4. The molecule has 2 rings (SSSR count). The number of aliphatic carboxylic acids is 1. The number of amides is 1. The third-order valence-electron chi connectivity index (χ3n) is 2.36. The van der Waals surface area contributed by atoms with Gasteiger partial charge in [0, 0.05) is 6.20 Å². The van der Waals surface area contributed by atoms with Crippen LogP contribution in [0.4, 0.5) is 5.69 Å². The molecule has 0 bridgehead atoms. The number of anilines is 1. The van der Waals surface area contributed by atoms with Crippen LogP contribution in [0.25, 0.3) is 0 Å². The Morgan fingerprint density at radius 3 is 2.95 bits per heavy atom. The largest absolute Gasteiger partial charge is 0.480 e. The van der Waals surface area contributed by atoms with Crippen LogP contribution < -0.4 is 5.32 Å². The molecule has 2 heterocycles. The lowest BCUT2D eigenvalue weighted by Gasteiger charge is -2.04. The molecule has 0 fully saturated rings. The van der Waals surface area contributed by atoms with E-state index in [2.05, 4.69) is 20.6 Å². The lowest BCUT2D eigenvalue weighted by Crippen LogP contribution is -2.13. The fourth-order valence-electron chi connectivity index (χ4n) is 1.40. The average molecular weight is 261 g/mol. The summed E-state index contributed by atoms with van der Waals surface area (Å²) in [6.45, 7) is 1.49. The number of aryl methyl sites for hydroxylation is 1. The van der Waals surface area contributed by atoms with Gasteiger partial charge in [-0.05, 0) is 18.6 Å². The maximum atomic E-state index is 11.9. The minimum absolute atomic E-state index is 0.0458. The highest BCUT2D eigenvalue weighted by Gasteiger charge is 2.13. The minimum atomic E-state index is -1.06. The van der Waals surface area contributed by atoms with Gasteiger partial charge in [-0.15, -0.1) is 5.10 Å². The number of carboxylic acids is 1. The van der Waals surface area contributed by atoms with E-state index in [0.717, 1.165) is 10.2 Å². The minimum Gasteiger partial charge on any atom is -0.480 e. The van der Waals surface area contributed by atoms with Crippen molar-refractivity contribution in [2.45, 2.75) is 13.5 Å². The maximum Gasteiger partial charge on any atom is 0.325 e. The topological polar surface area (TPSA) is 110 Å². The van der Waals surface area contributed by atoms with Gasteiger partial charge in [-0.3, -0.25) is 14.6 Å². The van der Waals surface area contributed by atoms with Crippen molar-refractivity contribution in [1.29, 1.82) is 0 Å². The number of rotatable bonds is 4. The lowest BCUT2D eigenvalue weighted by atomic mass is 10.2. The zero-order valence-corrected chi connectivity index (χ0v) is 10.1. The van der Waals surface area contributed by atoms with Crippen LogP contribution in [0, 0.1) is 6.92 Å². The highest BCUT2D eigenvalue weighted by Crippen LogP contribution is 2.12. The van der Waals surface area contributed by atoms with E-state index in [9.17, 15) is 9.59 Å². The van der Waals surface area contributed by atoms with E-state index in [1.54, 1.807) is 12.3 Å². The van der Waals surface area contributed by atoms with Crippen LogP contribution >= 0.6 is 0 Å². The first-order valence-corrected chi connectivity index (χ1v) is 5.40. The molecule has 2 aromatic rings. The molecule has 0 saturated heterocycles. The quantitative estimate of drug-likeness (QED) is 0.820. The van der Waals surface area contributed by atoms with Crippen molar-refractivity contribution in [1.82, 2.24) is 20.0 Å². The number of hydrogen-bond donors (Lipinski definition) is 2. The lowest BCUT2D eigenvalue weighted by molar-refractivity contribution is -0.137. The van der Waals surface area contributed by atoms with Crippen molar-refractivity contribution < 1.29 is 14.7 Å². The predicted molar refractivity (Wildman–Crippen MR) is 64.6 cm³/mol. The van der Waals surface area contributed by atoms with Gasteiger partial charge in [0.1, 0.15) is 6.54 Å². The van der Waals surface area contributed by atoms with Crippen LogP contribution in [-0.2, 0) is 11.3 Å². The molecule has 0 saturated carbocycles. The van der Waals surface area contributed by atoms with E-state index in [4.69, 9.17) is 5.11 Å². The molecule has 0 aromatic carbocycles. The molecule has 98 valence electrons. The van der Waals surface area contributed by atoms with Gasteiger partial charge in [-0.2, -0.15) is 0 Å². The molecular formula is C11H11N5O3. The zero-order valence-electron chi connectivity index (χ0n) is 10.1. The Morgan fingerprint density at radius 1 is 1.47 bits per heavy atom. The third kappa shape index (κ3) is 3.12. The van der Waals surface area contributed by atoms with Gasteiger partial charge in [0.15, 0.2) is 5.69 Å². The second kappa shape index (κ2) is 5.25. The summed E-state index contributed by atoms with van der Waals surface area (Å²) in [6.07, 6.45) is 4.41. The predicted octanol–water partition coefficient (Wildman–Crippen LogP) is 0.318. The monoisotopic (exact) mass is 261 g/mol. The Bertz CT molecular complexity index is 622. The number of carboxylic acid groups (broad SMARTS) is 1. The SMILES string of the molecule is Cc1ccncc1NC(=O)c1cn(CC(=O)O)nn1. The van der Waals surface area contributed by atoms with Crippen LogP contribution in [-0.4, -0.2) is 37.0 Å². The highest BCUT2D eigenvalue weighted by atomic mass is 16.4. The van der Waals surface area contributed by atoms with Crippen molar-refractivity contribution in [2.75, 3.05) is 5.32 Å². The van der Waals surface area contributed by atoms with Crippen molar-refractivity contribution in [3.8, 4) is 0 Å². The van der Waals surface area contributed by atoms with Crippen LogP contribution in [0.1, 0.15) is 16.1 Å². The summed E-state index contributed by atoms with van der Waals surface area (Å²) in [5, 5.41) is 18.4. The fraction of sp³-hybridized carbons (Fsp3) is 0.182. The molecule has 0 spiro atoms. The molecule has 0 radical (unpaired) electrons. The van der Waals surface area contributed by atoms with Gasteiger partial charge >= 0.3 is 5.97 Å². The molecule has 0 atom stereocenters. The molecule has 19 heavy (non-hydrogen) atoms. The van der Waals surface area contributed by atoms with E-state index < -0.39 is 11.9 Å². The first-order chi connectivity index (χ1) is 9.06. The summed E-state index contributed by atoms with van der Waals surface area (Å²) in [5.74, 6) is -1.52. The van der Waals surface area contributed by atoms with Crippen LogP contribution in [0.3, 0.4) is 0 Å².